The molecule has 0 spiro atoms. The molecule has 0 aliphatic rings. The van der Waals surface area contributed by atoms with Crippen molar-refractivity contribution >= 4 is 11.9 Å². The number of carbonyl (C=O) groups excluding carboxylic acids is 1. The number of benzene rings is 1. The van der Waals surface area contributed by atoms with Crippen LogP contribution in [0, 0.1) is 13.8 Å². The van der Waals surface area contributed by atoms with Gasteiger partial charge in [-0.2, -0.15) is 0 Å². The summed E-state index contributed by atoms with van der Waals surface area (Å²) >= 11 is 0. The SMILES string of the molecule is CCC[C@@H](NC(=O)CCOc1cccc(C)c1C)C(=O)O. The first-order valence-corrected chi connectivity index (χ1v) is 7.16. The first kappa shape index (κ1) is 17.0. The average Bonchev–Trinajstić information content (AvgIpc) is 2.43. The second kappa shape index (κ2) is 8.29. The number of carbonyl (C=O) groups is 2. The maximum Gasteiger partial charge on any atom is 0.326 e. The van der Waals surface area contributed by atoms with Crippen molar-refractivity contribution in [2.45, 2.75) is 46.1 Å². The number of hydrogen-bond acceptors (Lipinski definition) is 3. The number of carboxylic acids is 1. The predicted molar refractivity (Wildman–Crippen MR) is 80.5 cm³/mol. The van der Waals surface area contributed by atoms with Crippen molar-refractivity contribution in [3.63, 3.8) is 0 Å². The molecule has 1 aromatic carbocycles. The highest BCUT2D eigenvalue weighted by Gasteiger charge is 2.18. The van der Waals surface area contributed by atoms with Crippen molar-refractivity contribution in [3.05, 3.63) is 29.3 Å². The lowest BCUT2D eigenvalue weighted by Crippen LogP contribution is -2.41. The van der Waals surface area contributed by atoms with Gasteiger partial charge in [0.05, 0.1) is 13.0 Å². The van der Waals surface area contributed by atoms with E-state index in [4.69, 9.17) is 9.84 Å². The Kier molecular flexibility index (Phi) is 6.72. The smallest absolute Gasteiger partial charge is 0.326 e. The summed E-state index contributed by atoms with van der Waals surface area (Å²) in [7, 11) is 0. The average molecular weight is 293 g/mol. The number of hydrogen-bond donors (Lipinski definition) is 2. The maximum absolute atomic E-state index is 11.7. The molecule has 1 aromatic rings. The molecule has 1 atom stereocenters. The molecular weight excluding hydrogens is 270 g/mol. The molecule has 0 unspecified atom stereocenters. The lowest BCUT2D eigenvalue weighted by atomic mass is 10.1. The summed E-state index contributed by atoms with van der Waals surface area (Å²) in [4.78, 5) is 22.7. The summed E-state index contributed by atoms with van der Waals surface area (Å²) in [6, 6.07) is 4.94. The third-order valence-electron chi connectivity index (χ3n) is 3.35. The number of aryl methyl sites for hydroxylation is 1. The Hall–Kier alpha value is -2.04. The minimum absolute atomic E-state index is 0.140. The first-order chi connectivity index (χ1) is 9.95. The van der Waals surface area contributed by atoms with Gasteiger partial charge in [0.15, 0.2) is 0 Å². The standard InChI is InChI=1S/C16H23NO4/c1-4-6-13(16(19)20)17-15(18)9-10-21-14-8-5-7-11(2)12(14)3/h5,7-8,13H,4,6,9-10H2,1-3H3,(H,17,18)(H,19,20)/t13-/m1/s1. The molecular formula is C16H23NO4. The second-order valence-electron chi connectivity index (χ2n) is 5.04. The highest BCUT2D eigenvalue weighted by atomic mass is 16.5. The van der Waals surface area contributed by atoms with E-state index in [2.05, 4.69) is 5.32 Å². The van der Waals surface area contributed by atoms with Crippen LogP contribution in [-0.4, -0.2) is 29.6 Å². The minimum atomic E-state index is -0.999. The molecule has 0 fully saturated rings. The van der Waals surface area contributed by atoms with E-state index in [0.29, 0.717) is 12.8 Å². The van der Waals surface area contributed by atoms with Crippen LogP contribution in [0.4, 0.5) is 0 Å². The molecule has 0 aliphatic carbocycles. The number of ether oxygens (including phenoxy) is 1. The fourth-order valence-electron chi connectivity index (χ4n) is 1.95. The normalized spacial score (nSPS) is 11.8. The Labute approximate surface area is 125 Å². The van der Waals surface area contributed by atoms with E-state index in [1.54, 1.807) is 0 Å². The van der Waals surface area contributed by atoms with Gasteiger partial charge in [-0.1, -0.05) is 25.5 Å². The Morgan fingerprint density at radius 3 is 2.67 bits per heavy atom. The van der Waals surface area contributed by atoms with E-state index in [9.17, 15) is 9.59 Å². The van der Waals surface area contributed by atoms with Crippen molar-refractivity contribution < 1.29 is 19.4 Å². The fourth-order valence-corrected chi connectivity index (χ4v) is 1.95. The monoisotopic (exact) mass is 293 g/mol. The van der Waals surface area contributed by atoms with Crippen LogP contribution in [0.3, 0.4) is 0 Å². The molecule has 116 valence electrons. The van der Waals surface area contributed by atoms with E-state index in [-0.39, 0.29) is 18.9 Å². The molecule has 5 nitrogen and oxygen atoms in total. The molecule has 0 saturated heterocycles. The Bertz CT molecular complexity index is 499. The van der Waals surface area contributed by atoms with Crippen molar-refractivity contribution in [1.82, 2.24) is 5.32 Å². The molecule has 0 aromatic heterocycles. The van der Waals surface area contributed by atoms with Gasteiger partial charge in [0, 0.05) is 0 Å². The predicted octanol–water partition coefficient (Wildman–Crippen LogP) is 2.44. The summed E-state index contributed by atoms with van der Waals surface area (Å²) < 4.78 is 5.58. The van der Waals surface area contributed by atoms with Crippen LogP contribution in [-0.2, 0) is 9.59 Å². The molecule has 21 heavy (non-hydrogen) atoms. The minimum Gasteiger partial charge on any atom is -0.493 e. The van der Waals surface area contributed by atoms with E-state index in [1.807, 2.05) is 39.0 Å². The lowest BCUT2D eigenvalue weighted by molar-refractivity contribution is -0.142. The summed E-state index contributed by atoms with van der Waals surface area (Å²) in [6.07, 6.45) is 1.27. The van der Waals surface area contributed by atoms with Gasteiger partial charge in [-0.25, -0.2) is 4.79 Å². The highest BCUT2D eigenvalue weighted by Crippen LogP contribution is 2.20. The van der Waals surface area contributed by atoms with Crippen LogP contribution < -0.4 is 10.1 Å². The van der Waals surface area contributed by atoms with Gasteiger partial charge in [0.25, 0.3) is 0 Å². The number of nitrogens with one attached hydrogen (secondary N) is 1. The summed E-state index contributed by atoms with van der Waals surface area (Å²) in [5.41, 5.74) is 2.18. The number of carboxylic acid groups (broad SMARTS) is 1. The molecule has 0 heterocycles. The van der Waals surface area contributed by atoms with Gasteiger partial charge >= 0.3 is 5.97 Å². The van der Waals surface area contributed by atoms with Crippen LogP contribution in [0.25, 0.3) is 0 Å². The van der Waals surface area contributed by atoms with E-state index >= 15 is 0 Å². The van der Waals surface area contributed by atoms with Gasteiger partial charge in [0.2, 0.25) is 5.91 Å². The zero-order chi connectivity index (χ0) is 15.8. The molecule has 1 amide bonds. The van der Waals surface area contributed by atoms with Crippen molar-refractivity contribution in [2.75, 3.05) is 6.61 Å². The number of amides is 1. The Morgan fingerprint density at radius 2 is 2.05 bits per heavy atom. The Morgan fingerprint density at radius 1 is 1.33 bits per heavy atom. The largest absolute Gasteiger partial charge is 0.493 e. The molecule has 0 radical (unpaired) electrons. The quantitative estimate of drug-likeness (QED) is 0.772. The fraction of sp³-hybridized carbons (Fsp3) is 0.500. The Balaban J connectivity index is 2.43. The zero-order valence-corrected chi connectivity index (χ0v) is 12.8. The topological polar surface area (TPSA) is 75.6 Å². The summed E-state index contributed by atoms with van der Waals surface area (Å²) in [5.74, 6) is -0.548. The first-order valence-electron chi connectivity index (χ1n) is 7.16. The van der Waals surface area contributed by atoms with Crippen molar-refractivity contribution in [2.24, 2.45) is 0 Å². The van der Waals surface area contributed by atoms with Crippen LogP contribution in [0.2, 0.25) is 0 Å². The van der Waals surface area contributed by atoms with Gasteiger partial charge in [-0.3, -0.25) is 4.79 Å². The molecule has 0 bridgehead atoms. The van der Waals surface area contributed by atoms with Crippen LogP contribution in [0.15, 0.2) is 18.2 Å². The van der Waals surface area contributed by atoms with E-state index in [1.165, 1.54) is 0 Å². The van der Waals surface area contributed by atoms with Gasteiger partial charge in [-0.15, -0.1) is 0 Å². The van der Waals surface area contributed by atoms with Crippen molar-refractivity contribution in [1.29, 1.82) is 0 Å². The van der Waals surface area contributed by atoms with Crippen LogP contribution >= 0.6 is 0 Å². The molecule has 5 heteroatoms. The number of aliphatic carboxylic acids is 1. The number of rotatable bonds is 8. The third kappa shape index (κ3) is 5.45. The van der Waals surface area contributed by atoms with Crippen LogP contribution in [0.5, 0.6) is 5.75 Å². The lowest BCUT2D eigenvalue weighted by Gasteiger charge is -2.14. The summed E-state index contributed by atoms with van der Waals surface area (Å²) in [5, 5.41) is 11.5. The molecule has 2 N–H and O–H groups in total. The molecule has 0 aliphatic heterocycles. The zero-order valence-electron chi connectivity index (χ0n) is 12.8. The van der Waals surface area contributed by atoms with Gasteiger partial charge in [-0.05, 0) is 37.5 Å². The highest BCUT2D eigenvalue weighted by molar-refractivity contribution is 5.83. The van der Waals surface area contributed by atoms with E-state index in [0.717, 1.165) is 16.9 Å². The third-order valence-corrected chi connectivity index (χ3v) is 3.35. The molecule has 1 rings (SSSR count). The van der Waals surface area contributed by atoms with Crippen molar-refractivity contribution in [3.8, 4) is 5.75 Å². The van der Waals surface area contributed by atoms with E-state index < -0.39 is 12.0 Å². The molecule has 0 saturated carbocycles. The second-order valence-corrected chi connectivity index (χ2v) is 5.04. The van der Waals surface area contributed by atoms with Crippen LogP contribution in [0.1, 0.15) is 37.3 Å². The van der Waals surface area contributed by atoms with Gasteiger partial charge < -0.3 is 15.2 Å². The summed E-state index contributed by atoms with van der Waals surface area (Å²) in [6.45, 7) is 6.07. The maximum atomic E-state index is 11.7. The van der Waals surface area contributed by atoms with Gasteiger partial charge in [0.1, 0.15) is 11.8 Å².